The summed E-state index contributed by atoms with van der Waals surface area (Å²) in [7, 11) is 0. The third-order valence-corrected chi connectivity index (χ3v) is 3.81. The molecule has 0 spiro atoms. The molecule has 4 nitrogen and oxygen atoms in total. The molecule has 0 aliphatic carbocycles. The number of amides is 1. The first-order valence-corrected chi connectivity index (χ1v) is 7.01. The molecule has 0 atom stereocenters. The molecule has 0 fully saturated rings. The number of carbonyl (C=O) groups is 1. The molecule has 0 aliphatic heterocycles. The van der Waals surface area contributed by atoms with Crippen molar-refractivity contribution >= 4 is 28.0 Å². The zero-order valence-corrected chi connectivity index (χ0v) is 11.4. The van der Waals surface area contributed by atoms with Crippen LogP contribution >= 0.6 is 11.3 Å². The summed E-state index contributed by atoms with van der Waals surface area (Å²) < 4.78 is 0. The van der Waals surface area contributed by atoms with E-state index in [0.717, 1.165) is 10.4 Å². The normalized spacial score (nSPS) is 10.6. The number of carbonyl (C=O) groups excluding carboxylic acids is 1. The first-order valence-electron chi connectivity index (χ1n) is 6.13. The van der Waals surface area contributed by atoms with Gasteiger partial charge in [0, 0.05) is 17.0 Å². The zero-order chi connectivity index (χ0) is 13.9. The monoisotopic (exact) mass is 284 g/mol. The highest BCUT2D eigenvalue weighted by Gasteiger charge is 2.13. The van der Waals surface area contributed by atoms with Crippen LogP contribution < -0.4 is 5.32 Å². The van der Waals surface area contributed by atoms with Crippen LogP contribution in [0.4, 0.5) is 0 Å². The number of phenols is 1. The number of fused-ring (bicyclic) bond motifs is 1. The fourth-order valence-corrected chi connectivity index (χ4v) is 2.59. The van der Waals surface area contributed by atoms with E-state index in [1.54, 1.807) is 18.3 Å². The lowest BCUT2D eigenvalue weighted by Crippen LogP contribution is -2.22. The summed E-state index contributed by atoms with van der Waals surface area (Å²) in [6.45, 7) is 0.364. The smallest absolute Gasteiger partial charge is 0.255 e. The average Bonchev–Trinajstić information content (AvgIpc) is 2.99. The number of hydrogen-bond acceptors (Lipinski definition) is 4. The molecule has 0 saturated heterocycles. The Bertz CT molecular complexity index is 754. The third-order valence-electron chi connectivity index (χ3n) is 3.03. The predicted octanol–water partition coefficient (Wildman–Crippen LogP) is 2.93. The summed E-state index contributed by atoms with van der Waals surface area (Å²) in [5.74, 6) is -0.289. The lowest BCUT2D eigenvalue weighted by Gasteiger charge is -2.08. The quantitative estimate of drug-likeness (QED) is 0.777. The Balaban J connectivity index is 1.86. The molecule has 0 bridgehead atoms. The Hall–Kier alpha value is -2.40. The topological polar surface area (TPSA) is 62.2 Å². The standard InChI is InChI=1S/C15H12N2O2S/c18-14-11-4-2-1-3-10(11)5-6-12(14)15(19)17-9-13-16-7-8-20-13/h1-8,18H,9H2,(H,17,19). The molecule has 2 aromatic carbocycles. The summed E-state index contributed by atoms with van der Waals surface area (Å²) in [4.78, 5) is 16.2. The molecule has 5 heteroatoms. The molecule has 0 radical (unpaired) electrons. The second-order valence-corrected chi connectivity index (χ2v) is 5.27. The van der Waals surface area contributed by atoms with Crippen molar-refractivity contribution < 1.29 is 9.90 Å². The van der Waals surface area contributed by atoms with Gasteiger partial charge in [0.15, 0.2) is 0 Å². The maximum absolute atomic E-state index is 12.1. The number of nitrogens with zero attached hydrogens (tertiary/aromatic N) is 1. The van der Waals surface area contributed by atoms with Crippen LogP contribution in [0.2, 0.25) is 0 Å². The fourth-order valence-electron chi connectivity index (χ4n) is 2.03. The number of rotatable bonds is 3. The van der Waals surface area contributed by atoms with Crippen molar-refractivity contribution in [2.45, 2.75) is 6.54 Å². The zero-order valence-electron chi connectivity index (χ0n) is 10.5. The van der Waals surface area contributed by atoms with Crippen molar-refractivity contribution in [1.82, 2.24) is 10.3 Å². The summed E-state index contributed by atoms with van der Waals surface area (Å²) in [5, 5.41) is 17.2. The van der Waals surface area contributed by atoms with Crippen LogP contribution in [0.1, 0.15) is 15.4 Å². The molecule has 0 unspecified atom stereocenters. The van der Waals surface area contributed by atoms with Gasteiger partial charge in [0.25, 0.3) is 5.91 Å². The molecule has 0 saturated carbocycles. The highest BCUT2D eigenvalue weighted by Crippen LogP contribution is 2.28. The molecule has 1 aromatic heterocycles. The van der Waals surface area contributed by atoms with Gasteiger partial charge in [-0.05, 0) is 11.5 Å². The van der Waals surface area contributed by atoms with Crippen LogP contribution in [0, 0.1) is 0 Å². The molecule has 3 rings (SSSR count). The van der Waals surface area contributed by atoms with E-state index in [4.69, 9.17) is 0 Å². The number of aromatic nitrogens is 1. The second kappa shape index (κ2) is 5.30. The first kappa shape index (κ1) is 12.6. The van der Waals surface area contributed by atoms with E-state index in [1.165, 1.54) is 11.3 Å². The van der Waals surface area contributed by atoms with Crippen LogP contribution in [-0.4, -0.2) is 16.0 Å². The Morgan fingerprint density at radius 1 is 1.25 bits per heavy atom. The van der Waals surface area contributed by atoms with Gasteiger partial charge in [-0.15, -0.1) is 11.3 Å². The van der Waals surface area contributed by atoms with Gasteiger partial charge < -0.3 is 10.4 Å². The molecule has 2 N–H and O–H groups in total. The van der Waals surface area contributed by atoms with Gasteiger partial charge in [0.2, 0.25) is 0 Å². The molecule has 3 aromatic rings. The van der Waals surface area contributed by atoms with Crippen LogP contribution in [0.3, 0.4) is 0 Å². The van der Waals surface area contributed by atoms with E-state index in [0.29, 0.717) is 11.9 Å². The lowest BCUT2D eigenvalue weighted by molar-refractivity contribution is 0.0948. The van der Waals surface area contributed by atoms with Crippen molar-refractivity contribution in [1.29, 1.82) is 0 Å². The Labute approximate surface area is 119 Å². The number of nitrogens with one attached hydrogen (secondary N) is 1. The van der Waals surface area contributed by atoms with Crippen LogP contribution in [0.5, 0.6) is 5.75 Å². The number of thiazole rings is 1. The van der Waals surface area contributed by atoms with Crippen molar-refractivity contribution in [3.63, 3.8) is 0 Å². The van der Waals surface area contributed by atoms with E-state index in [-0.39, 0.29) is 17.2 Å². The van der Waals surface area contributed by atoms with E-state index < -0.39 is 0 Å². The van der Waals surface area contributed by atoms with Gasteiger partial charge in [-0.1, -0.05) is 30.3 Å². The largest absolute Gasteiger partial charge is 0.506 e. The summed E-state index contributed by atoms with van der Waals surface area (Å²) in [5.41, 5.74) is 0.278. The minimum atomic E-state index is -0.302. The highest BCUT2D eigenvalue weighted by molar-refractivity contribution is 7.09. The number of phenolic OH excluding ortho intramolecular Hbond substituents is 1. The molecule has 0 aliphatic rings. The van der Waals surface area contributed by atoms with Gasteiger partial charge in [0.05, 0.1) is 12.1 Å². The van der Waals surface area contributed by atoms with E-state index in [2.05, 4.69) is 10.3 Å². The highest BCUT2D eigenvalue weighted by atomic mass is 32.1. The van der Waals surface area contributed by atoms with Crippen LogP contribution in [-0.2, 0) is 6.54 Å². The van der Waals surface area contributed by atoms with Gasteiger partial charge in [-0.2, -0.15) is 0 Å². The molecule has 1 heterocycles. The first-order chi connectivity index (χ1) is 9.75. The Morgan fingerprint density at radius 3 is 2.90 bits per heavy atom. The van der Waals surface area contributed by atoms with E-state index in [9.17, 15) is 9.90 Å². The maximum Gasteiger partial charge on any atom is 0.255 e. The summed E-state index contributed by atoms with van der Waals surface area (Å²) in [6, 6.07) is 10.9. The maximum atomic E-state index is 12.1. The SMILES string of the molecule is O=C(NCc1nccs1)c1ccc2ccccc2c1O. The molecule has 100 valence electrons. The number of benzene rings is 2. The lowest BCUT2D eigenvalue weighted by atomic mass is 10.0. The van der Waals surface area contributed by atoms with Crippen LogP contribution in [0.25, 0.3) is 10.8 Å². The minimum Gasteiger partial charge on any atom is -0.506 e. The van der Waals surface area contributed by atoms with Gasteiger partial charge in [-0.3, -0.25) is 4.79 Å². The van der Waals surface area contributed by atoms with Gasteiger partial charge >= 0.3 is 0 Å². The molecule has 20 heavy (non-hydrogen) atoms. The third kappa shape index (κ3) is 2.35. The molecular formula is C15H12N2O2S. The molecular weight excluding hydrogens is 272 g/mol. The molecule has 1 amide bonds. The number of aromatic hydroxyl groups is 1. The van der Waals surface area contributed by atoms with Crippen molar-refractivity contribution in [2.75, 3.05) is 0 Å². The summed E-state index contributed by atoms with van der Waals surface area (Å²) >= 11 is 1.48. The van der Waals surface area contributed by atoms with Gasteiger partial charge in [-0.25, -0.2) is 4.98 Å². The minimum absolute atomic E-state index is 0.0136. The Kier molecular flexibility index (Phi) is 3.35. The number of hydrogen-bond donors (Lipinski definition) is 2. The second-order valence-electron chi connectivity index (χ2n) is 4.29. The summed E-state index contributed by atoms with van der Waals surface area (Å²) in [6.07, 6.45) is 1.69. The van der Waals surface area contributed by atoms with E-state index >= 15 is 0 Å². The van der Waals surface area contributed by atoms with Crippen molar-refractivity contribution in [2.24, 2.45) is 0 Å². The van der Waals surface area contributed by atoms with E-state index in [1.807, 2.05) is 29.6 Å². The Morgan fingerprint density at radius 2 is 2.10 bits per heavy atom. The van der Waals surface area contributed by atoms with Crippen molar-refractivity contribution in [3.05, 3.63) is 58.5 Å². The average molecular weight is 284 g/mol. The predicted molar refractivity (Wildman–Crippen MR) is 78.9 cm³/mol. The van der Waals surface area contributed by atoms with Crippen LogP contribution in [0.15, 0.2) is 48.0 Å². The van der Waals surface area contributed by atoms with Gasteiger partial charge in [0.1, 0.15) is 10.8 Å². The fraction of sp³-hybridized carbons (Fsp3) is 0.0667. The van der Waals surface area contributed by atoms with Crippen molar-refractivity contribution in [3.8, 4) is 5.75 Å².